The Hall–Kier alpha value is -4.77. The zero-order chi connectivity index (χ0) is 33.5. The number of benzene rings is 2. The number of rotatable bonds is 5. The highest BCUT2D eigenvalue weighted by Crippen LogP contribution is 2.42. The number of pyridine rings is 1. The first-order valence-electron chi connectivity index (χ1n) is 15.7. The summed E-state index contributed by atoms with van der Waals surface area (Å²) in [7, 11) is 0. The molecule has 0 spiro atoms. The summed E-state index contributed by atoms with van der Waals surface area (Å²) in [6.07, 6.45) is 0.801. The highest BCUT2D eigenvalue weighted by atomic mass is 32.1. The number of aromatic nitrogens is 1. The zero-order valence-corrected chi connectivity index (χ0v) is 27.9. The maximum atomic E-state index is 14.4. The Labute approximate surface area is 277 Å². The summed E-state index contributed by atoms with van der Waals surface area (Å²) in [4.78, 5) is 49.7. The largest absolute Gasteiger partial charge is 0.444 e. The number of nitrogens with zero attached hydrogens (tertiary/aromatic N) is 3. The van der Waals surface area contributed by atoms with Crippen LogP contribution in [0.25, 0.3) is 10.4 Å². The molecule has 1 fully saturated rings. The van der Waals surface area contributed by atoms with Gasteiger partial charge in [-0.05, 0) is 88.9 Å². The Balaban J connectivity index is 1.21. The van der Waals surface area contributed by atoms with Crippen LogP contribution in [0.4, 0.5) is 26.4 Å². The van der Waals surface area contributed by atoms with Crippen LogP contribution in [0.15, 0.2) is 66.7 Å². The number of fused-ring (bicyclic) bond motifs is 3. The van der Waals surface area contributed by atoms with Crippen LogP contribution in [0.3, 0.4) is 0 Å². The average Bonchev–Trinajstić information content (AvgIpc) is 3.57. The molecule has 0 unspecified atom stereocenters. The molecule has 2 atom stereocenters. The lowest BCUT2D eigenvalue weighted by Crippen LogP contribution is -2.40. The number of nitrogens with one attached hydrogen (secondary N) is 2. The molecule has 4 heterocycles. The number of hydrogen-bond donors (Lipinski definition) is 2. The number of halogens is 1. The Morgan fingerprint density at radius 1 is 1.04 bits per heavy atom. The predicted molar refractivity (Wildman–Crippen MR) is 183 cm³/mol. The summed E-state index contributed by atoms with van der Waals surface area (Å²) in [5.41, 5.74) is 3.08. The number of alkyl carbamates (subject to hydrolysis) is 1. The van der Waals surface area contributed by atoms with E-state index in [1.807, 2.05) is 63.2 Å². The Morgan fingerprint density at radius 3 is 2.57 bits per heavy atom. The van der Waals surface area contributed by atoms with E-state index in [9.17, 15) is 18.8 Å². The molecule has 0 bridgehead atoms. The van der Waals surface area contributed by atoms with E-state index < -0.39 is 17.5 Å². The molecule has 0 radical (unpaired) electrons. The van der Waals surface area contributed by atoms with Crippen molar-refractivity contribution >= 4 is 46.4 Å². The standard InChI is InChI=1S/C36H38FN5O4S/c1-21-10-8-12-26(37)31(21)40-33(43)29-19-23-16-17-41(28-14-7-6-11-25(28)32(23)47-29)34(44)27-13-9-15-30(39-27)42-20-24(18-22(42)2)38-35(45)46-36(3,4)5/h6-15,19,22,24H,16-18,20H2,1-5H3,(H,38,45)(H,40,43)/t22-,24-/m0/s1. The van der Waals surface area contributed by atoms with Crippen LogP contribution in [0.5, 0.6) is 0 Å². The maximum absolute atomic E-state index is 14.4. The summed E-state index contributed by atoms with van der Waals surface area (Å²) < 4.78 is 19.9. The zero-order valence-electron chi connectivity index (χ0n) is 27.1. The molecule has 2 aromatic carbocycles. The van der Waals surface area contributed by atoms with Crippen molar-refractivity contribution in [1.82, 2.24) is 10.3 Å². The van der Waals surface area contributed by atoms with Crippen LogP contribution < -0.4 is 20.4 Å². The van der Waals surface area contributed by atoms with Crippen molar-refractivity contribution in [2.24, 2.45) is 0 Å². The SMILES string of the molecule is Cc1cccc(F)c1NC(=O)c1cc2c(s1)-c1ccccc1N(C(=O)c1cccc(N3C[C@@H](NC(=O)OC(C)(C)C)C[C@@H]3C)n1)CC2. The molecule has 2 aliphatic rings. The van der Waals surface area contributed by atoms with Gasteiger partial charge in [-0.2, -0.15) is 0 Å². The first-order valence-corrected chi connectivity index (χ1v) is 16.5. The van der Waals surface area contributed by atoms with Gasteiger partial charge in [-0.3, -0.25) is 9.59 Å². The van der Waals surface area contributed by atoms with Crippen molar-refractivity contribution in [3.8, 4) is 10.4 Å². The Morgan fingerprint density at radius 2 is 1.81 bits per heavy atom. The number of carbonyl (C=O) groups excluding carboxylic acids is 3. The van der Waals surface area contributed by atoms with E-state index in [0.717, 1.165) is 28.1 Å². The molecule has 3 amide bonds. The molecule has 1 saturated heterocycles. The van der Waals surface area contributed by atoms with Gasteiger partial charge in [-0.25, -0.2) is 14.2 Å². The van der Waals surface area contributed by atoms with Crippen LogP contribution >= 0.6 is 11.3 Å². The lowest BCUT2D eigenvalue weighted by atomic mass is 10.1. The van der Waals surface area contributed by atoms with E-state index >= 15 is 0 Å². The fraction of sp³-hybridized carbons (Fsp3) is 0.333. The van der Waals surface area contributed by atoms with E-state index in [-0.39, 0.29) is 29.6 Å². The lowest BCUT2D eigenvalue weighted by Gasteiger charge is -2.25. The number of anilines is 3. The molecule has 0 aliphatic carbocycles. The number of carbonyl (C=O) groups is 3. The van der Waals surface area contributed by atoms with Gasteiger partial charge in [0, 0.05) is 29.6 Å². The van der Waals surface area contributed by atoms with E-state index in [2.05, 4.69) is 22.5 Å². The van der Waals surface area contributed by atoms with Gasteiger partial charge in [0.15, 0.2) is 0 Å². The molecular weight excluding hydrogens is 617 g/mol. The third-order valence-electron chi connectivity index (χ3n) is 8.33. The Kier molecular flexibility index (Phi) is 8.76. The number of amides is 3. The summed E-state index contributed by atoms with van der Waals surface area (Å²) in [5.74, 6) is -0.412. The first-order chi connectivity index (χ1) is 22.4. The van der Waals surface area contributed by atoms with Crippen LogP contribution in [0.2, 0.25) is 0 Å². The Bertz CT molecular complexity index is 1830. The van der Waals surface area contributed by atoms with Gasteiger partial charge < -0.3 is 25.2 Å². The van der Waals surface area contributed by atoms with Gasteiger partial charge >= 0.3 is 6.09 Å². The highest BCUT2D eigenvalue weighted by Gasteiger charge is 2.33. The molecule has 2 aliphatic heterocycles. The van der Waals surface area contributed by atoms with Crippen LogP contribution in [0, 0.1) is 12.7 Å². The van der Waals surface area contributed by atoms with Crippen molar-refractivity contribution in [3.05, 3.63) is 94.2 Å². The number of ether oxygens (including phenoxy) is 1. The minimum atomic E-state index is -0.583. The third-order valence-corrected chi connectivity index (χ3v) is 9.54. The van der Waals surface area contributed by atoms with Crippen molar-refractivity contribution in [2.45, 2.75) is 65.1 Å². The number of thiophene rings is 1. The molecule has 4 aromatic rings. The summed E-state index contributed by atoms with van der Waals surface area (Å²) >= 11 is 1.33. The lowest BCUT2D eigenvalue weighted by molar-refractivity contribution is 0.0508. The fourth-order valence-corrected chi connectivity index (χ4v) is 7.29. The summed E-state index contributed by atoms with van der Waals surface area (Å²) in [6, 6.07) is 19.6. The number of aryl methyl sites for hydroxylation is 1. The quantitative estimate of drug-likeness (QED) is 0.236. The second-order valence-corrected chi connectivity index (χ2v) is 14.1. The summed E-state index contributed by atoms with van der Waals surface area (Å²) in [6.45, 7) is 10.3. The van der Waals surface area contributed by atoms with Gasteiger partial charge in [0.25, 0.3) is 11.8 Å². The van der Waals surface area contributed by atoms with Crippen LogP contribution in [0.1, 0.15) is 65.4 Å². The van der Waals surface area contributed by atoms with E-state index in [1.54, 1.807) is 30.0 Å². The topological polar surface area (TPSA) is 104 Å². The molecule has 9 nitrogen and oxygen atoms in total. The van der Waals surface area contributed by atoms with Gasteiger partial charge in [-0.15, -0.1) is 11.3 Å². The molecule has 2 aromatic heterocycles. The number of hydrogen-bond acceptors (Lipinski definition) is 7. The molecule has 6 rings (SSSR count). The van der Waals surface area contributed by atoms with Gasteiger partial charge in [0.2, 0.25) is 0 Å². The number of para-hydroxylation sites is 2. The smallest absolute Gasteiger partial charge is 0.407 e. The average molecular weight is 656 g/mol. The second kappa shape index (κ2) is 12.8. The molecule has 11 heteroatoms. The maximum Gasteiger partial charge on any atom is 0.407 e. The normalized spacial score (nSPS) is 17.4. The highest BCUT2D eigenvalue weighted by molar-refractivity contribution is 7.17. The summed E-state index contributed by atoms with van der Waals surface area (Å²) in [5, 5.41) is 5.70. The van der Waals surface area contributed by atoms with E-state index in [4.69, 9.17) is 9.72 Å². The van der Waals surface area contributed by atoms with Crippen molar-refractivity contribution in [3.63, 3.8) is 0 Å². The molecule has 47 heavy (non-hydrogen) atoms. The van der Waals surface area contributed by atoms with Crippen molar-refractivity contribution in [2.75, 3.05) is 28.2 Å². The monoisotopic (exact) mass is 655 g/mol. The second-order valence-electron chi connectivity index (χ2n) is 13.0. The molecule has 244 valence electrons. The van der Waals surface area contributed by atoms with Crippen molar-refractivity contribution < 1.29 is 23.5 Å². The van der Waals surface area contributed by atoms with Gasteiger partial charge in [0.05, 0.1) is 22.3 Å². The molecule has 0 saturated carbocycles. The van der Waals surface area contributed by atoms with Crippen LogP contribution in [-0.2, 0) is 11.2 Å². The van der Waals surface area contributed by atoms with Gasteiger partial charge in [0.1, 0.15) is 22.9 Å². The van der Waals surface area contributed by atoms with Gasteiger partial charge in [-0.1, -0.05) is 36.4 Å². The fourth-order valence-electron chi connectivity index (χ4n) is 6.15. The minimum absolute atomic E-state index is 0.0939. The molecular formula is C36H38FN5O4S. The molecule has 2 N–H and O–H groups in total. The predicted octanol–water partition coefficient (Wildman–Crippen LogP) is 7.20. The minimum Gasteiger partial charge on any atom is -0.444 e. The third kappa shape index (κ3) is 6.85. The van der Waals surface area contributed by atoms with Crippen LogP contribution in [-0.4, -0.2) is 53.7 Å². The first kappa shape index (κ1) is 32.2. The van der Waals surface area contributed by atoms with E-state index in [0.29, 0.717) is 41.5 Å². The van der Waals surface area contributed by atoms with E-state index in [1.165, 1.54) is 17.4 Å². The van der Waals surface area contributed by atoms with Crippen molar-refractivity contribution in [1.29, 1.82) is 0 Å².